The van der Waals surface area contributed by atoms with Gasteiger partial charge in [0.05, 0.1) is 11.1 Å². The normalized spacial score (nSPS) is 22.1. The highest BCUT2D eigenvalue weighted by Crippen LogP contribution is 2.32. The number of thiazole rings is 1. The van der Waals surface area contributed by atoms with E-state index in [-0.39, 0.29) is 0 Å². The average molecular weight is 381 g/mol. The van der Waals surface area contributed by atoms with E-state index in [2.05, 4.69) is 37.3 Å². The van der Waals surface area contributed by atoms with Crippen molar-refractivity contribution in [2.24, 2.45) is 5.41 Å². The molecule has 1 fully saturated rings. The van der Waals surface area contributed by atoms with Gasteiger partial charge in [0.25, 0.3) is 0 Å². The third kappa shape index (κ3) is 3.24. The topological polar surface area (TPSA) is 53.4 Å². The van der Waals surface area contributed by atoms with Crippen LogP contribution in [-0.4, -0.2) is 34.0 Å². The van der Waals surface area contributed by atoms with Gasteiger partial charge in [-0.05, 0) is 32.0 Å². The van der Waals surface area contributed by atoms with Gasteiger partial charge >= 0.3 is 5.97 Å². The summed E-state index contributed by atoms with van der Waals surface area (Å²) in [7, 11) is 0. The molecule has 2 aromatic rings. The van der Waals surface area contributed by atoms with Crippen molar-refractivity contribution in [1.29, 1.82) is 0 Å². The van der Waals surface area contributed by atoms with Crippen molar-refractivity contribution in [1.82, 2.24) is 9.88 Å². The van der Waals surface area contributed by atoms with Gasteiger partial charge < -0.3 is 5.11 Å². The van der Waals surface area contributed by atoms with Gasteiger partial charge in [-0.1, -0.05) is 28.1 Å². The summed E-state index contributed by atoms with van der Waals surface area (Å²) in [6.07, 6.45) is 0.699. The van der Waals surface area contributed by atoms with E-state index < -0.39 is 11.4 Å². The minimum absolute atomic E-state index is 0.589. The number of hydrogen-bond acceptors (Lipinski definition) is 4. The molecule has 1 aliphatic rings. The summed E-state index contributed by atoms with van der Waals surface area (Å²) in [6, 6.07) is 8.10. The van der Waals surface area contributed by atoms with Crippen LogP contribution in [0.2, 0.25) is 0 Å². The molecular formula is C16H17BrN2O2S. The maximum absolute atomic E-state index is 11.3. The molecular weight excluding hydrogens is 364 g/mol. The summed E-state index contributed by atoms with van der Waals surface area (Å²) < 4.78 is 1.04. The highest BCUT2D eigenvalue weighted by Gasteiger charge is 2.40. The van der Waals surface area contributed by atoms with Crippen LogP contribution in [0.4, 0.5) is 0 Å². The third-order valence-corrected chi connectivity index (χ3v) is 5.51. The van der Waals surface area contributed by atoms with E-state index in [0.717, 1.165) is 27.3 Å². The second kappa shape index (κ2) is 6.10. The minimum atomic E-state index is -0.705. The van der Waals surface area contributed by atoms with E-state index in [4.69, 9.17) is 0 Å². The number of likely N-dealkylation sites (tertiary alicyclic amines) is 1. The van der Waals surface area contributed by atoms with Crippen LogP contribution < -0.4 is 0 Å². The zero-order chi connectivity index (χ0) is 15.7. The molecule has 1 N–H and O–H groups in total. The lowest BCUT2D eigenvalue weighted by Gasteiger charge is -2.19. The zero-order valence-electron chi connectivity index (χ0n) is 12.3. The van der Waals surface area contributed by atoms with Crippen molar-refractivity contribution in [2.75, 3.05) is 13.1 Å². The van der Waals surface area contributed by atoms with Crippen LogP contribution in [0.3, 0.4) is 0 Å². The number of benzene rings is 1. The van der Waals surface area contributed by atoms with Crippen LogP contribution in [0, 0.1) is 5.41 Å². The fraction of sp³-hybridized carbons (Fsp3) is 0.375. The van der Waals surface area contributed by atoms with Gasteiger partial charge in [-0.15, -0.1) is 11.3 Å². The van der Waals surface area contributed by atoms with E-state index in [1.807, 2.05) is 25.1 Å². The van der Waals surface area contributed by atoms with Gasteiger partial charge in [-0.3, -0.25) is 9.69 Å². The number of carbonyl (C=O) groups is 1. The van der Waals surface area contributed by atoms with Gasteiger partial charge in [0, 0.05) is 28.5 Å². The molecule has 2 heterocycles. The lowest BCUT2D eigenvalue weighted by Crippen LogP contribution is -2.31. The summed E-state index contributed by atoms with van der Waals surface area (Å²) in [5.41, 5.74) is 1.49. The maximum atomic E-state index is 11.3. The molecule has 3 rings (SSSR count). The van der Waals surface area contributed by atoms with E-state index in [0.29, 0.717) is 19.5 Å². The Bertz CT molecular complexity index is 703. The molecule has 1 saturated heterocycles. The largest absolute Gasteiger partial charge is 0.481 e. The van der Waals surface area contributed by atoms with Crippen molar-refractivity contribution >= 4 is 33.2 Å². The van der Waals surface area contributed by atoms with Crippen LogP contribution in [0.5, 0.6) is 0 Å². The first-order valence-corrected chi connectivity index (χ1v) is 8.80. The van der Waals surface area contributed by atoms with Crippen LogP contribution in [0.15, 0.2) is 34.1 Å². The molecule has 0 spiro atoms. The molecule has 0 saturated carbocycles. The fourth-order valence-corrected chi connectivity index (χ4v) is 3.94. The predicted octanol–water partition coefficient (Wildman–Crippen LogP) is 3.87. The van der Waals surface area contributed by atoms with Crippen LogP contribution >= 0.6 is 27.3 Å². The van der Waals surface area contributed by atoms with Crippen molar-refractivity contribution in [3.8, 4) is 10.6 Å². The molecule has 0 amide bonds. The highest BCUT2D eigenvalue weighted by atomic mass is 79.9. The molecule has 1 aromatic carbocycles. The number of carboxylic acids is 1. The van der Waals surface area contributed by atoms with E-state index in [9.17, 15) is 9.90 Å². The number of nitrogens with zero attached hydrogens (tertiary/aromatic N) is 2. The molecule has 4 nitrogen and oxygen atoms in total. The Morgan fingerprint density at radius 3 is 3.05 bits per heavy atom. The van der Waals surface area contributed by atoms with Gasteiger partial charge in [0.15, 0.2) is 0 Å². The molecule has 116 valence electrons. The molecule has 0 radical (unpaired) electrons. The van der Waals surface area contributed by atoms with Gasteiger partial charge in [0.1, 0.15) is 5.01 Å². The second-order valence-electron chi connectivity index (χ2n) is 5.98. The van der Waals surface area contributed by atoms with Gasteiger partial charge in [-0.2, -0.15) is 0 Å². The van der Waals surface area contributed by atoms with Gasteiger partial charge in [0.2, 0.25) is 0 Å². The molecule has 0 bridgehead atoms. The Morgan fingerprint density at radius 2 is 2.36 bits per heavy atom. The highest BCUT2D eigenvalue weighted by molar-refractivity contribution is 9.10. The molecule has 1 atom stereocenters. The quantitative estimate of drug-likeness (QED) is 0.874. The summed E-state index contributed by atoms with van der Waals surface area (Å²) in [5.74, 6) is -0.705. The lowest BCUT2D eigenvalue weighted by molar-refractivity contribution is -0.147. The summed E-state index contributed by atoms with van der Waals surface area (Å²) >= 11 is 5.10. The summed E-state index contributed by atoms with van der Waals surface area (Å²) in [4.78, 5) is 18.2. The first kappa shape index (κ1) is 15.6. The fourth-order valence-electron chi connectivity index (χ4n) is 2.73. The number of rotatable bonds is 4. The molecule has 1 aliphatic heterocycles. The van der Waals surface area contributed by atoms with E-state index in [1.54, 1.807) is 11.3 Å². The number of hydrogen-bond donors (Lipinski definition) is 1. The molecule has 22 heavy (non-hydrogen) atoms. The maximum Gasteiger partial charge on any atom is 0.310 e. The van der Waals surface area contributed by atoms with Crippen LogP contribution in [0.1, 0.15) is 19.0 Å². The molecule has 1 unspecified atom stereocenters. The first-order chi connectivity index (χ1) is 10.5. The Balaban J connectivity index is 1.69. The number of halogens is 1. The summed E-state index contributed by atoms with van der Waals surface area (Å²) in [5, 5.41) is 12.3. The van der Waals surface area contributed by atoms with Gasteiger partial charge in [-0.25, -0.2) is 4.98 Å². The monoisotopic (exact) mass is 380 g/mol. The number of aliphatic carboxylic acids is 1. The Hall–Kier alpha value is -1.24. The minimum Gasteiger partial charge on any atom is -0.481 e. The second-order valence-corrected chi connectivity index (χ2v) is 7.75. The number of carboxylic acid groups (broad SMARTS) is 1. The third-order valence-electron chi connectivity index (χ3n) is 4.08. The van der Waals surface area contributed by atoms with Crippen molar-refractivity contribution in [3.63, 3.8) is 0 Å². The van der Waals surface area contributed by atoms with Crippen molar-refractivity contribution < 1.29 is 9.90 Å². The Labute approximate surface area is 141 Å². The Morgan fingerprint density at radius 1 is 1.55 bits per heavy atom. The standard InChI is InChI=1S/C16H17BrN2O2S/c1-16(15(20)21)5-6-19(10-16)8-13-9-22-14(18-13)11-3-2-4-12(17)7-11/h2-4,7,9H,5-6,8,10H2,1H3,(H,20,21). The van der Waals surface area contributed by atoms with E-state index >= 15 is 0 Å². The number of aromatic nitrogens is 1. The first-order valence-electron chi connectivity index (χ1n) is 7.12. The smallest absolute Gasteiger partial charge is 0.310 e. The SMILES string of the molecule is CC1(C(=O)O)CCN(Cc2csc(-c3cccc(Br)c3)n2)C1. The molecule has 1 aromatic heterocycles. The van der Waals surface area contributed by atoms with Crippen LogP contribution in [-0.2, 0) is 11.3 Å². The molecule has 6 heteroatoms. The molecule has 0 aliphatic carbocycles. The van der Waals surface area contributed by atoms with Crippen molar-refractivity contribution in [2.45, 2.75) is 19.9 Å². The average Bonchev–Trinajstić information content (AvgIpc) is 3.07. The predicted molar refractivity (Wildman–Crippen MR) is 90.9 cm³/mol. The van der Waals surface area contributed by atoms with Crippen LogP contribution in [0.25, 0.3) is 10.6 Å². The van der Waals surface area contributed by atoms with Crippen molar-refractivity contribution in [3.05, 3.63) is 39.8 Å². The Kier molecular flexibility index (Phi) is 4.34. The zero-order valence-corrected chi connectivity index (χ0v) is 14.7. The lowest BCUT2D eigenvalue weighted by atomic mass is 9.90. The summed E-state index contributed by atoms with van der Waals surface area (Å²) in [6.45, 7) is 3.94. The van der Waals surface area contributed by atoms with E-state index in [1.165, 1.54) is 0 Å².